The Balaban J connectivity index is 0. The molecule has 0 aliphatic carbocycles. The maximum atomic E-state index is 8.91. The topological polar surface area (TPSA) is 29.5 Å². The van der Waals surface area contributed by atoms with Gasteiger partial charge in [0, 0.05) is 19.6 Å². The van der Waals surface area contributed by atoms with Gasteiger partial charge in [0.05, 0.1) is 27.2 Å². The van der Waals surface area contributed by atoms with Gasteiger partial charge in [0.1, 0.15) is 6.54 Å². The minimum absolute atomic E-state index is 0. The molecule has 27 heavy (non-hydrogen) atoms. The molecule has 166 valence electrons. The molecule has 0 atom stereocenters. The second-order valence-corrected chi connectivity index (χ2v) is 8.67. The third kappa shape index (κ3) is 24.6. The Morgan fingerprint density at radius 3 is 1.48 bits per heavy atom. The van der Waals surface area contributed by atoms with Crippen LogP contribution in [0.2, 0.25) is 0 Å². The van der Waals surface area contributed by atoms with Crippen LogP contribution in [-0.2, 0) is 4.74 Å². The highest BCUT2D eigenvalue weighted by molar-refractivity contribution is 4.49. The fraction of sp³-hybridized carbons (Fsp3) is 1.00. The van der Waals surface area contributed by atoms with Gasteiger partial charge in [-0.05, 0) is 6.42 Å². The van der Waals surface area contributed by atoms with Gasteiger partial charge in [-0.25, -0.2) is 0 Å². The number of likely N-dealkylation sites (N-methyl/N-ethyl adjacent to an activating group) is 1. The Morgan fingerprint density at radius 1 is 0.593 bits per heavy atom. The van der Waals surface area contributed by atoms with Crippen LogP contribution in [-0.4, -0.2) is 56.6 Å². The number of unbranched alkanes of at least 4 members (excludes halogenated alkanes) is 13. The van der Waals surface area contributed by atoms with Gasteiger partial charge in [0.25, 0.3) is 0 Å². The molecule has 0 spiro atoms. The summed E-state index contributed by atoms with van der Waals surface area (Å²) in [6, 6.07) is 0. The molecule has 0 radical (unpaired) electrons. The molecule has 0 rings (SSSR count). The number of nitrogens with zero attached hydrogens (tertiary/aromatic N) is 1. The van der Waals surface area contributed by atoms with Crippen LogP contribution in [0.3, 0.4) is 0 Å². The molecule has 0 heterocycles. The lowest BCUT2D eigenvalue weighted by molar-refractivity contribution is -0.891. The summed E-state index contributed by atoms with van der Waals surface area (Å²) in [6.07, 6.45) is 20.5. The molecule has 0 aromatic carbocycles. The summed E-state index contributed by atoms with van der Waals surface area (Å²) in [5, 5.41) is 8.91. The SMILES string of the molecule is CCCCCCCCCCCCCCCCOCC[N+](C)(C)CCCO.[I-]. The van der Waals surface area contributed by atoms with E-state index in [2.05, 4.69) is 21.0 Å². The third-order valence-electron chi connectivity index (χ3n) is 5.40. The molecule has 0 aromatic rings. The Labute approximate surface area is 188 Å². The van der Waals surface area contributed by atoms with Crippen LogP contribution in [0.4, 0.5) is 0 Å². The second kappa shape index (κ2) is 22.9. The summed E-state index contributed by atoms with van der Waals surface area (Å²) in [7, 11) is 4.43. The first-order valence-electron chi connectivity index (χ1n) is 11.6. The molecule has 0 bridgehead atoms. The fourth-order valence-electron chi connectivity index (χ4n) is 3.42. The molecule has 0 aliphatic rings. The van der Waals surface area contributed by atoms with Crippen molar-refractivity contribution in [2.24, 2.45) is 0 Å². The lowest BCUT2D eigenvalue weighted by atomic mass is 10.0. The van der Waals surface area contributed by atoms with Gasteiger partial charge in [-0.2, -0.15) is 0 Å². The zero-order valence-electron chi connectivity index (χ0n) is 18.8. The Hall–Kier alpha value is 0.610. The fourth-order valence-corrected chi connectivity index (χ4v) is 3.42. The minimum atomic E-state index is 0. The van der Waals surface area contributed by atoms with Crippen LogP contribution in [0.25, 0.3) is 0 Å². The number of hydrogen-bond acceptors (Lipinski definition) is 2. The maximum Gasteiger partial charge on any atom is 0.102 e. The van der Waals surface area contributed by atoms with Gasteiger partial charge in [-0.15, -0.1) is 0 Å². The lowest BCUT2D eigenvalue weighted by Gasteiger charge is -2.29. The van der Waals surface area contributed by atoms with E-state index in [0.29, 0.717) is 6.61 Å². The molecule has 0 aromatic heterocycles. The van der Waals surface area contributed by atoms with E-state index in [4.69, 9.17) is 9.84 Å². The van der Waals surface area contributed by atoms with Gasteiger partial charge in [0.15, 0.2) is 0 Å². The van der Waals surface area contributed by atoms with Gasteiger partial charge in [-0.1, -0.05) is 90.4 Å². The van der Waals surface area contributed by atoms with Crippen LogP contribution < -0.4 is 24.0 Å². The first kappa shape index (κ1) is 29.8. The standard InChI is InChI=1S/C23H50NO2.HI/c1-4-5-6-7-8-9-10-11-12-13-14-15-16-17-22-26-23-20-24(2,3)19-18-21-25;/h25H,4-23H2,1-3H3;1H/q+1;/p-1. The van der Waals surface area contributed by atoms with E-state index in [1.54, 1.807) is 0 Å². The summed E-state index contributed by atoms with van der Waals surface area (Å²) < 4.78 is 6.72. The van der Waals surface area contributed by atoms with Crippen molar-refractivity contribution in [3.63, 3.8) is 0 Å². The van der Waals surface area contributed by atoms with Crippen molar-refractivity contribution in [3.05, 3.63) is 0 Å². The quantitative estimate of drug-likeness (QED) is 0.150. The van der Waals surface area contributed by atoms with Crippen molar-refractivity contribution in [2.75, 3.05) is 47.0 Å². The van der Waals surface area contributed by atoms with E-state index in [-0.39, 0.29) is 24.0 Å². The molecule has 4 heteroatoms. The van der Waals surface area contributed by atoms with Crippen molar-refractivity contribution >= 4 is 0 Å². The predicted molar refractivity (Wildman–Crippen MR) is 115 cm³/mol. The van der Waals surface area contributed by atoms with Gasteiger partial charge in [0.2, 0.25) is 0 Å². The average Bonchev–Trinajstić information content (AvgIpc) is 2.62. The van der Waals surface area contributed by atoms with E-state index in [1.165, 1.54) is 89.9 Å². The molecule has 0 amide bonds. The number of rotatable bonds is 21. The number of quaternary nitrogens is 1. The van der Waals surface area contributed by atoms with E-state index in [1.807, 2.05) is 0 Å². The molecule has 0 aliphatic heterocycles. The van der Waals surface area contributed by atoms with E-state index in [9.17, 15) is 0 Å². The molecule has 0 unspecified atom stereocenters. The molecular formula is C23H50INO2. The van der Waals surface area contributed by atoms with Crippen molar-refractivity contribution in [1.29, 1.82) is 0 Å². The summed E-state index contributed by atoms with van der Waals surface area (Å²) in [5.74, 6) is 0. The normalized spacial score (nSPS) is 11.6. The van der Waals surface area contributed by atoms with Gasteiger partial charge in [-0.3, -0.25) is 0 Å². The van der Waals surface area contributed by atoms with Crippen LogP contribution in [0.1, 0.15) is 103 Å². The van der Waals surface area contributed by atoms with Crippen LogP contribution in [0.15, 0.2) is 0 Å². The van der Waals surface area contributed by atoms with E-state index < -0.39 is 0 Å². The highest BCUT2D eigenvalue weighted by Gasteiger charge is 2.13. The first-order chi connectivity index (χ1) is 12.6. The molecule has 0 saturated heterocycles. The number of ether oxygens (including phenoxy) is 1. The number of aliphatic hydroxyl groups is 1. The highest BCUT2D eigenvalue weighted by Crippen LogP contribution is 2.13. The van der Waals surface area contributed by atoms with Crippen molar-refractivity contribution in [3.8, 4) is 0 Å². The third-order valence-corrected chi connectivity index (χ3v) is 5.40. The molecule has 0 saturated carbocycles. The zero-order valence-corrected chi connectivity index (χ0v) is 21.0. The largest absolute Gasteiger partial charge is 1.00 e. The Bertz CT molecular complexity index is 275. The monoisotopic (exact) mass is 499 g/mol. The zero-order chi connectivity index (χ0) is 19.3. The summed E-state index contributed by atoms with van der Waals surface area (Å²) in [4.78, 5) is 0. The number of hydrogen-bond donors (Lipinski definition) is 1. The Morgan fingerprint density at radius 2 is 1.04 bits per heavy atom. The minimum Gasteiger partial charge on any atom is -1.00 e. The smallest absolute Gasteiger partial charge is 0.102 e. The number of halogens is 1. The predicted octanol–water partition coefficient (Wildman–Crippen LogP) is 2.95. The molecule has 3 nitrogen and oxygen atoms in total. The van der Waals surface area contributed by atoms with Crippen molar-refractivity contribution in [1.82, 2.24) is 0 Å². The van der Waals surface area contributed by atoms with Gasteiger partial charge >= 0.3 is 0 Å². The highest BCUT2D eigenvalue weighted by atomic mass is 127. The lowest BCUT2D eigenvalue weighted by Crippen LogP contribution is -3.00. The molecule has 0 fully saturated rings. The van der Waals surface area contributed by atoms with E-state index >= 15 is 0 Å². The van der Waals surface area contributed by atoms with Crippen molar-refractivity contribution < 1.29 is 38.3 Å². The summed E-state index contributed by atoms with van der Waals surface area (Å²) in [5.41, 5.74) is 0. The molecular weight excluding hydrogens is 449 g/mol. The van der Waals surface area contributed by atoms with Crippen LogP contribution >= 0.6 is 0 Å². The van der Waals surface area contributed by atoms with E-state index in [0.717, 1.165) is 37.2 Å². The average molecular weight is 500 g/mol. The van der Waals surface area contributed by atoms with Crippen LogP contribution in [0.5, 0.6) is 0 Å². The summed E-state index contributed by atoms with van der Waals surface area (Å²) in [6.45, 7) is 6.41. The van der Waals surface area contributed by atoms with Gasteiger partial charge < -0.3 is 38.3 Å². The summed E-state index contributed by atoms with van der Waals surface area (Å²) >= 11 is 0. The number of aliphatic hydroxyl groups excluding tert-OH is 1. The Kier molecular flexibility index (Phi) is 25.3. The second-order valence-electron chi connectivity index (χ2n) is 8.67. The van der Waals surface area contributed by atoms with Crippen LogP contribution in [0, 0.1) is 0 Å². The first-order valence-corrected chi connectivity index (χ1v) is 11.6. The van der Waals surface area contributed by atoms with Crippen molar-refractivity contribution in [2.45, 2.75) is 103 Å². The maximum absolute atomic E-state index is 8.91. The molecule has 1 N–H and O–H groups in total.